The van der Waals surface area contributed by atoms with Gasteiger partial charge in [0.15, 0.2) is 17.5 Å². The van der Waals surface area contributed by atoms with Gasteiger partial charge in [-0.2, -0.15) is 5.26 Å². The maximum absolute atomic E-state index is 10.3. The van der Waals surface area contributed by atoms with Crippen LogP contribution in [-0.4, -0.2) is 15.0 Å². The fourth-order valence-corrected chi connectivity index (χ4v) is 10.4. The topological polar surface area (TPSA) is 62.5 Å². The minimum absolute atomic E-state index is 0.0242. The number of nitriles is 1. The molecule has 4 saturated carbocycles. The molecule has 4 bridgehead atoms. The largest absolute Gasteiger partial charge is 0.208 e. The molecule has 4 heteroatoms. The van der Waals surface area contributed by atoms with Crippen LogP contribution in [0.15, 0.2) is 121 Å². The molecular weight excluding hydrogens is 585 g/mol. The first-order chi connectivity index (χ1) is 23.7. The third kappa shape index (κ3) is 3.97. The molecule has 6 aromatic rings. The molecule has 0 radical (unpaired) electrons. The number of rotatable bonds is 4. The Balaban J connectivity index is 1.12. The van der Waals surface area contributed by atoms with Gasteiger partial charge in [0.25, 0.3) is 0 Å². The van der Waals surface area contributed by atoms with Crippen molar-refractivity contribution in [2.75, 3.05) is 0 Å². The van der Waals surface area contributed by atoms with Crippen molar-refractivity contribution in [2.24, 2.45) is 23.7 Å². The van der Waals surface area contributed by atoms with Gasteiger partial charge in [0.2, 0.25) is 0 Å². The molecule has 48 heavy (non-hydrogen) atoms. The molecule has 1 heterocycles. The van der Waals surface area contributed by atoms with Crippen molar-refractivity contribution >= 4 is 0 Å². The van der Waals surface area contributed by atoms with Crippen LogP contribution in [0, 0.1) is 35.0 Å². The number of aromatic nitrogens is 3. The Bertz CT molecular complexity index is 2160. The van der Waals surface area contributed by atoms with Crippen LogP contribution in [0.2, 0.25) is 0 Å². The Hall–Kier alpha value is -5.40. The maximum atomic E-state index is 10.3. The van der Waals surface area contributed by atoms with Gasteiger partial charge >= 0.3 is 0 Å². The van der Waals surface area contributed by atoms with Crippen LogP contribution in [0.25, 0.3) is 56.4 Å². The van der Waals surface area contributed by atoms with E-state index in [4.69, 9.17) is 15.0 Å². The van der Waals surface area contributed by atoms with E-state index < -0.39 is 0 Å². The average molecular weight is 619 g/mol. The molecule has 4 fully saturated rings. The van der Waals surface area contributed by atoms with Crippen LogP contribution >= 0.6 is 0 Å². The van der Waals surface area contributed by atoms with E-state index >= 15 is 0 Å². The van der Waals surface area contributed by atoms with Gasteiger partial charge in [0.05, 0.1) is 11.6 Å². The molecule has 1 spiro atoms. The van der Waals surface area contributed by atoms with Gasteiger partial charge in [-0.25, -0.2) is 15.0 Å². The van der Waals surface area contributed by atoms with Crippen molar-refractivity contribution < 1.29 is 0 Å². The first-order valence-electron chi connectivity index (χ1n) is 17.4. The van der Waals surface area contributed by atoms with Crippen LogP contribution in [0.1, 0.15) is 48.8 Å². The zero-order valence-corrected chi connectivity index (χ0v) is 26.7. The highest BCUT2D eigenvalue weighted by Crippen LogP contribution is 2.70. The van der Waals surface area contributed by atoms with Gasteiger partial charge in [-0.1, -0.05) is 115 Å². The van der Waals surface area contributed by atoms with E-state index in [0.717, 1.165) is 34.1 Å². The summed E-state index contributed by atoms with van der Waals surface area (Å²) >= 11 is 0. The van der Waals surface area contributed by atoms with E-state index in [1.54, 1.807) is 0 Å². The highest BCUT2D eigenvalue weighted by Gasteiger charge is 2.62. The summed E-state index contributed by atoms with van der Waals surface area (Å²) in [6.45, 7) is 0. The molecule has 5 aliphatic carbocycles. The summed E-state index contributed by atoms with van der Waals surface area (Å²) in [5.74, 6) is 4.97. The Morgan fingerprint density at radius 3 is 1.56 bits per heavy atom. The van der Waals surface area contributed by atoms with Crippen LogP contribution < -0.4 is 0 Å². The van der Waals surface area contributed by atoms with Gasteiger partial charge < -0.3 is 0 Å². The second kappa shape index (κ2) is 10.6. The smallest absolute Gasteiger partial charge is 0.164 e. The molecule has 5 aromatic carbocycles. The molecule has 0 unspecified atom stereocenters. The number of benzene rings is 5. The predicted molar refractivity (Wildman–Crippen MR) is 190 cm³/mol. The molecule has 0 N–H and O–H groups in total. The highest BCUT2D eigenvalue weighted by molar-refractivity contribution is 5.92. The van der Waals surface area contributed by atoms with E-state index in [1.807, 2.05) is 66.7 Å². The average Bonchev–Trinajstić information content (AvgIpc) is 3.45. The molecule has 230 valence electrons. The van der Waals surface area contributed by atoms with Crippen molar-refractivity contribution in [1.29, 1.82) is 5.26 Å². The monoisotopic (exact) mass is 618 g/mol. The van der Waals surface area contributed by atoms with Gasteiger partial charge in [-0.05, 0) is 89.7 Å². The molecular formula is C44H34N4. The molecule has 1 aromatic heterocycles. The lowest BCUT2D eigenvalue weighted by molar-refractivity contribution is -0.0397. The lowest BCUT2D eigenvalue weighted by Crippen LogP contribution is -2.55. The van der Waals surface area contributed by atoms with E-state index in [-0.39, 0.29) is 5.41 Å². The minimum Gasteiger partial charge on any atom is -0.208 e. The quantitative estimate of drug-likeness (QED) is 0.197. The first-order valence-corrected chi connectivity index (χ1v) is 17.4. The van der Waals surface area contributed by atoms with Gasteiger partial charge in [-0.3, -0.25) is 0 Å². The fraction of sp³-hybridized carbons (Fsp3) is 0.227. The molecule has 0 amide bonds. The fourth-order valence-electron chi connectivity index (χ4n) is 10.4. The third-order valence-corrected chi connectivity index (χ3v) is 12.0. The summed E-state index contributed by atoms with van der Waals surface area (Å²) in [5.41, 5.74) is 11.5. The highest BCUT2D eigenvalue weighted by atomic mass is 15.0. The lowest BCUT2D eigenvalue weighted by atomic mass is 9.42. The summed E-state index contributed by atoms with van der Waals surface area (Å²) in [5, 5.41) is 10.3. The van der Waals surface area contributed by atoms with E-state index in [0.29, 0.717) is 29.3 Å². The van der Waals surface area contributed by atoms with E-state index in [1.165, 1.54) is 65.5 Å². The van der Waals surface area contributed by atoms with Crippen LogP contribution in [0.5, 0.6) is 0 Å². The molecule has 4 nitrogen and oxygen atoms in total. The van der Waals surface area contributed by atoms with Crippen molar-refractivity contribution in [2.45, 2.75) is 37.5 Å². The summed E-state index contributed by atoms with van der Waals surface area (Å²) < 4.78 is 0. The standard InChI is InChI=1S/C44H34N4/c45-26-33-13-7-16-38-39(33)37-15-8-14-36(40(37)44(38)34-22-27-21-28(24-34)25-35(44)23-27)29-17-19-32(20-18-29)43-47-41(30-9-3-1-4-10-30)46-42(48-43)31-11-5-2-6-12-31/h1-20,27-28,34-35H,21-25H2. The Morgan fingerprint density at radius 2 is 1.00 bits per heavy atom. The maximum Gasteiger partial charge on any atom is 0.164 e. The molecule has 0 aliphatic heterocycles. The van der Waals surface area contributed by atoms with Crippen LogP contribution in [0.4, 0.5) is 0 Å². The lowest BCUT2D eigenvalue weighted by Gasteiger charge is -2.61. The zero-order chi connectivity index (χ0) is 31.8. The minimum atomic E-state index is -0.0242. The number of hydrogen-bond donors (Lipinski definition) is 0. The van der Waals surface area contributed by atoms with Crippen molar-refractivity contribution in [3.05, 3.63) is 138 Å². The molecule has 0 atom stereocenters. The van der Waals surface area contributed by atoms with E-state index in [9.17, 15) is 5.26 Å². The van der Waals surface area contributed by atoms with Gasteiger partial charge in [-0.15, -0.1) is 0 Å². The van der Waals surface area contributed by atoms with Crippen LogP contribution in [-0.2, 0) is 5.41 Å². The van der Waals surface area contributed by atoms with E-state index in [2.05, 4.69) is 60.7 Å². The van der Waals surface area contributed by atoms with Crippen LogP contribution in [0.3, 0.4) is 0 Å². The Labute approximate surface area is 281 Å². The summed E-state index contributed by atoms with van der Waals surface area (Å²) in [7, 11) is 0. The second-order valence-electron chi connectivity index (χ2n) is 14.4. The van der Waals surface area contributed by atoms with Gasteiger partial charge in [0.1, 0.15) is 0 Å². The van der Waals surface area contributed by atoms with Crippen molar-refractivity contribution in [1.82, 2.24) is 15.0 Å². The summed E-state index contributed by atoms with van der Waals surface area (Å²) in [4.78, 5) is 14.8. The SMILES string of the molecule is N#Cc1cccc2c1-c1cccc(-c3ccc(-c4nc(-c5ccccc5)nc(-c5ccccc5)n4)cc3)c1C21C2CC3CC(C2)CC1C3. The number of nitrogens with zero attached hydrogens (tertiary/aromatic N) is 4. The predicted octanol–water partition coefficient (Wildman–Crippen LogP) is 10.1. The van der Waals surface area contributed by atoms with Crippen molar-refractivity contribution in [3.63, 3.8) is 0 Å². The first kappa shape index (κ1) is 27.7. The van der Waals surface area contributed by atoms with Gasteiger partial charge in [0, 0.05) is 27.7 Å². The Morgan fingerprint density at radius 1 is 0.500 bits per heavy atom. The zero-order valence-electron chi connectivity index (χ0n) is 26.7. The number of fused-ring (bicyclic) bond motifs is 3. The second-order valence-corrected chi connectivity index (χ2v) is 14.4. The Kier molecular flexibility index (Phi) is 6.09. The summed E-state index contributed by atoms with van der Waals surface area (Å²) in [6, 6.07) is 45.0. The molecule has 0 saturated heterocycles. The summed E-state index contributed by atoms with van der Waals surface area (Å²) in [6.07, 6.45) is 6.65. The molecule has 5 aliphatic rings. The van der Waals surface area contributed by atoms with Crippen molar-refractivity contribution in [3.8, 4) is 62.5 Å². The normalized spacial score (nSPS) is 24.3. The third-order valence-electron chi connectivity index (χ3n) is 12.0. The number of hydrogen-bond acceptors (Lipinski definition) is 4. The molecule has 11 rings (SSSR count).